The number of nitrogens with zero attached hydrogens (tertiary/aromatic N) is 2. The molecule has 1 atom stereocenters. The van der Waals surface area contributed by atoms with E-state index < -0.39 is 0 Å². The number of rotatable bonds is 9. The SMILES string of the molecule is CCNC(C)=CN(C)c1ccc(Nc2nc3c(s2)CCCC3c2ccccc2)cc1OCC. The molecule has 0 spiro atoms. The number of thiazole rings is 1. The summed E-state index contributed by atoms with van der Waals surface area (Å²) in [5.41, 5.74) is 5.74. The van der Waals surface area contributed by atoms with Gasteiger partial charge in [0.2, 0.25) is 0 Å². The molecule has 4 rings (SSSR count). The van der Waals surface area contributed by atoms with Gasteiger partial charge in [0.15, 0.2) is 5.13 Å². The Morgan fingerprint density at radius 2 is 2.03 bits per heavy atom. The molecule has 2 N–H and O–H groups in total. The topological polar surface area (TPSA) is 49.4 Å². The second kappa shape index (κ2) is 10.8. The highest BCUT2D eigenvalue weighted by Crippen LogP contribution is 2.41. The molecule has 0 bridgehead atoms. The van der Waals surface area contributed by atoms with Gasteiger partial charge in [0, 0.05) is 48.0 Å². The van der Waals surface area contributed by atoms with Gasteiger partial charge >= 0.3 is 0 Å². The van der Waals surface area contributed by atoms with Crippen LogP contribution in [0.15, 0.2) is 60.4 Å². The van der Waals surface area contributed by atoms with Crippen LogP contribution in [-0.4, -0.2) is 25.2 Å². The van der Waals surface area contributed by atoms with Crippen LogP contribution < -0.4 is 20.3 Å². The van der Waals surface area contributed by atoms with Crippen LogP contribution in [0.5, 0.6) is 5.75 Å². The molecule has 6 heteroatoms. The summed E-state index contributed by atoms with van der Waals surface area (Å²) in [6.45, 7) is 7.71. The van der Waals surface area contributed by atoms with Crippen molar-refractivity contribution in [3.63, 3.8) is 0 Å². The lowest BCUT2D eigenvalue weighted by atomic mass is 9.85. The molecule has 1 heterocycles. The number of allylic oxidation sites excluding steroid dienone is 1. The third-order valence-electron chi connectivity index (χ3n) is 5.89. The van der Waals surface area contributed by atoms with Crippen LogP contribution in [0.4, 0.5) is 16.5 Å². The molecular weight excluding hydrogens is 428 g/mol. The van der Waals surface area contributed by atoms with E-state index in [0.29, 0.717) is 12.5 Å². The molecule has 33 heavy (non-hydrogen) atoms. The first kappa shape index (κ1) is 23.2. The van der Waals surface area contributed by atoms with Crippen molar-refractivity contribution in [3.05, 3.63) is 76.6 Å². The van der Waals surface area contributed by atoms with Gasteiger partial charge in [0.05, 0.1) is 18.0 Å². The van der Waals surface area contributed by atoms with Gasteiger partial charge in [0.25, 0.3) is 0 Å². The molecular formula is C27H34N4OS. The molecule has 0 fully saturated rings. The van der Waals surface area contributed by atoms with E-state index in [1.807, 2.05) is 14.0 Å². The van der Waals surface area contributed by atoms with Crippen molar-refractivity contribution in [2.75, 3.05) is 30.4 Å². The van der Waals surface area contributed by atoms with E-state index in [-0.39, 0.29) is 0 Å². The van der Waals surface area contributed by atoms with Gasteiger partial charge in [-0.25, -0.2) is 4.98 Å². The number of nitrogens with one attached hydrogen (secondary N) is 2. The molecule has 174 valence electrons. The highest BCUT2D eigenvalue weighted by atomic mass is 32.1. The van der Waals surface area contributed by atoms with Crippen molar-refractivity contribution < 1.29 is 4.74 Å². The lowest BCUT2D eigenvalue weighted by Gasteiger charge is -2.21. The van der Waals surface area contributed by atoms with Crippen LogP contribution in [0.3, 0.4) is 0 Å². The molecule has 1 aromatic heterocycles. The van der Waals surface area contributed by atoms with Gasteiger partial charge < -0.3 is 20.3 Å². The Labute approximate surface area is 201 Å². The van der Waals surface area contributed by atoms with Crippen LogP contribution in [0.25, 0.3) is 0 Å². The van der Waals surface area contributed by atoms with Gasteiger partial charge in [-0.15, -0.1) is 11.3 Å². The van der Waals surface area contributed by atoms with Crippen molar-refractivity contribution in [1.29, 1.82) is 0 Å². The van der Waals surface area contributed by atoms with E-state index in [0.717, 1.165) is 47.3 Å². The highest BCUT2D eigenvalue weighted by Gasteiger charge is 2.26. The van der Waals surface area contributed by atoms with E-state index in [9.17, 15) is 0 Å². The number of fused-ring (bicyclic) bond motifs is 1. The largest absolute Gasteiger partial charge is 0.492 e. The molecule has 0 radical (unpaired) electrons. The zero-order valence-electron chi connectivity index (χ0n) is 20.0. The summed E-state index contributed by atoms with van der Waals surface area (Å²) in [7, 11) is 2.05. The number of anilines is 3. The van der Waals surface area contributed by atoms with E-state index >= 15 is 0 Å². The third kappa shape index (κ3) is 5.50. The fourth-order valence-corrected chi connectivity index (χ4v) is 5.53. The Bertz CT molecular complexity index is 1090. The maximum Gasteiger partial charge on any atom is 0.187 e. The first-order valence-electron chi connectivity index (χ1n) is 11.8. The number of hydrogen-bond acceptors (Lipinski definition) is 6. The van der Waals surface area contributed by atoms with Gasteiger partial charge in [-0.05, 0) is 57.7 Å². The van der Waals surface area contributed by atoms with Crippen LogP contribution in [-0.2, 0) is 6.42 Å². The fourth-order valence-electron chi connectivity index (χ4n) is 4.44. The van der Waals surface area contributed by atoms with Gasteiger partial charge in [0.1, 0.15) is 5.75 Å². The van der Waals surface area contributed by atoms with Crippen molar-refractivity contribution in [1.82, 2.24) is 10.3 Å². The lowest BCUT2D eigenvalue weighted by Crippen LogP contribution is -2.16. The smallest absolute Gasteiger partial charge is 0.187 e. The van der Waals surface area contributed by atoms with Gasteiger partial charge in [-0.2, -0.15) is 0 Å². The summed E-state index contributed by atoms with van der Waals surface area (Å²) >= 11 is 1.78. The Kier molecular flexibility index (Phi) is 7.55. The maximum atomic E-state index is 5.99. The Hall–Kier alpha value is -2.99. The maximum absolute atomic E-state index is 5.99. The Morgan fingerprint density at radius 3 is 2.79 bits per heavy atom. The average Bonchev–Trinajstić information content (AvgIpc) is 3.22. The Balaban J connectivity index is 1.57. The number of aryl methyl sites for hydroxylation is 1. The number of ether oxygens (including phenoxy) is 1. The minimum atomic E-state index is 0.392. The molecule has 1 unspecified atom stereocenters. The average molecular weight is 463 g/mol. The molecule has 0 amide bonds. The van der Waals surface area contributed by atoms with Crippen LogP contribution in [0.2, 0.25) is 0 Å². The van der Waals surface area contributed by atoms with E-state index in [4.69, 9.17) is 9.72 Å². The summed E-state index contributed by atoms with van der Waals surface area (Å²) in [4.78, 5) is 8.54. The molecule has 0 saturated heterocycles. The second-order valence-electron chi connectivity index (χ2n) is 8.38. The number of aromatic nitrogens is 1. The molecule has 0 saturated carbocycles. The summed E-state index contributed by atoms with van der Waals surface area (Å²) in [5, 5.41) is 7.83. The summed E-state index contributed by atoms with van der Waals surface area (Å²) in [5.74, 6) is 1.25. The molecule has 1 aliphatic carbocycles. The standard InChI is InChI=1S/C27H34N4OS/c1-5-28-19(3)18-31(4)23-16-15-21(17-24(23)32-6-2)29-27-30-26-22(13-10-14-25(26)33-27)20-11-8-7-9-12-20/h7-9,11-12,15-18,22,28H,5-6,10,13-14H2,1-4H3,(H,29,30). The summed E-state index contributed by atoms with van der Waals surface area (Å²) in [6.07, 6.45) is 5.58. The molecule has 3 aromatic rings. The predicted octanol–water partition coefficient (Wildman–Crippen LogP) is 6.66. The molecule has 1 aliphatic rings. The predicted molar refractivity (Wildman–Crippen MR) is 140 cm³/mol. The van der Waals surface area contributed by atoms with Crippen molar-refractivity contribution in [2.45, 2.75) is 46.0 Å². The lowest BCUT2D eigenvalue weighted by molar-refractivity contribution is 0.341. The van der Waals surface area contributed by atoms with Crippen LogP contribution in [0.1, 0.15) is 55.7 Å². The van der Waals surface area contributed by atoms with Crippen LogP contribution in [0, 0.1) is 0 Å². The van der Waals surface area contributed by atoms with Crippen molar-refractivity contribution in [2.24, 2.45) is 0 Å². The number of benzene rings is 2. The van der Waals surface area contributed by atoms with Crippen molar-refractivity contribution in [3.8, 4) is 5.75 Å². The minimum absolute atomic E-state index is 0.392. The Morgan fingerprint density at radius 1 is 1.21 bits per heavy atom. The second-order valence-corrected chi connectivity index (χ2v) is 9.46. The van der Waals surface area contributed by atoms with E-state index in [1.54, 1.807) is 11.3 Å². The van der Waals surface area contributed by atoms with Crippen molar-refractivity contribution >= 4 is 27.8 Å². The fraction of sp³-hybridized carbons (Fsp3) is 0.370. The summed E-state index contributed by atoms with van der Waals surface area (Å²) < 4.78 is 5.99. The highest BCUT2D eigenvalue weighted by molar-refractivity contribution is 7.15. The third-order valence-corrected chi connectivity index (χ3v) is 6.94. The quantitative estimate of drug-likeness (QED) is 0.372. The first-order chi connectivity index (χ1) is 16.1. The van der Waals surface area contributed by atoms with Gasteiger partial charge in [-0.3, -0.25) is 0 Å². The van der Waals surface area contributed by atoms with Gasteiger partial charge in [-0.1, -0.05) is 30.3 Å². The molecule has 0 aliphatic heterocycles. The molecule has 2 aromatic carbocycles. The normalized spacial score (nSPS) is 15.6. The van der Waals surface area contributed by atoms with Crippen LogP contribution >= 0.6 is 11.3 Å². The first-order valence-corrected chi connectivity index (χ1v) is 12.6. The zero-order valence-corrected chi connectivity index (χ0v) is 20.8. The summed E-state index contributed by atoms with van der Waals surface area (Å²) in [6, 6.07) is 17.0. The monoisotopic (exact) mass is 462 g/mol. The van der Waals surface area contributed by atoms with E-state index in [2.05, 4.69) is 84.1 Å². The number of hydrogen-bond donors (Lipinski definition) is 2. The zero-order chi connectivity index (χ0) is 23.2. The van der Waals surface area contributed by atoms with E-state index in [1.165, 1.54) is 22.6 Å². The molecule has 5 nitrogen and oxygen atoms in total. The minimum Gasteiger partial charge on any atom is -0.492 e.